The first kappa shape index (κ1) is 19.3. The number of carbonyl (C=O) groups is 2. The quantitative estimate of drug-likeness (QED) is 0.750. The molecule has 0 radical (unpaired) electrons. The summed E-state index contributed by atoms with van der Waals surface area (Å²) in [5, 5.41) is 2.73. The van der Waals surface area contributed by atoms with Gasteiger partial charge in [0.1, 0.15) is 0 Å². The van der Waals surface area contributed by atoms with Crippen LogP contribution in [0, 0.1) is 0 Å². The number of halogens is 3. The number of nitrogens with zero attached hydrogens (tertiary/aromatic N) is 1. The van der Waals surface area contributed by atoms with Crippen molar-refractivity contribution in [3.8, 4) is 0 Å². The number of alkyl halides is 3. The van der Waals surface area contributed by atoms with Crippen molar-refractivity contribution < 1.29 is 22.8 Å². The lowest BCUT2D eigenvalue weighted by molar-refractivity contribution is -0.128. The molecule has 0 bridgehead atoms. The highest BCUT2D eigenvalue weighted by atomic mass is 32.2. The van der Waals surface area contributed by atoms with Gasteiger partial charge >= 0.3 is 5.51 Å². The number of likely N-dealkylation sites (tertiary alicyclic amines) is 1. The molecule has 2 aromatic rings. The Morgan fingerprint density at radius 1 is 1.15 bits per heavy atom. The van der Waals surface area contributed by atoms with Gasteiger partial charge in [-0.3, -0.25) is 9.59 Å². The SMILES string of the molecule is O=C(Nc1cccc(CN2CCCC2=O)c1)c1ccc(SC(F)(F)F)cc1. The van der Waals surface area contributed by atoms with Gasteiger partial charge in [-0.15, -0.1) is 0 Å². The summed E-state index contributed by atoms with van der Waals surface area (Å²) in [5.41, 5.74) is -2.62. The molecule has 1 heterocycles. The Bertz CT molecular complexity index is 838. The smallest absolute Gasteiger partial charge is 0.338 e. The molecule has 2 aromatic carbocycles. The highest BCUT2D eigenvalue weighted by Crippen LogP contribution is 2.36. The molecule has 142 valence electrons. The largest absolute Gasteiger partial charge is 0.446 e. The number of rotatable bonds is 5. The van der Waals surface area contributed by atoms with E-state index in [1.807, 2.05) is 6.07 Å². The van der Waals surface area contributed by atoms with E-state index in [0.29, 0.717) is 18.7 Å². The average Bonchev–Trinajstić information content (AvgIpc) is 2.99. The molecule has 27 heavy (non-hydrogen) atoms. The van der Waals surface area contributed by atoms with Crippen LogP contribution in [0.1, 0.15) is 28.8 Å². The van der Waals surface area contributed by atoms with Gasteiger partial charge in [-0.1, -0.05) is 12.1 Å². The molecule has 4 nitrogen and oxygen atoms in total. The Morgan fingerprint density at radius 2 is 1.89 bits per heavy atom. The molecule has 1 saturated heterocycles. The van der Waals surface area contributed by atoms with Crippen LogP contribution in [-0.2, 0) is 11.3 Å². The third kappa shape index (κ3) is 5.50. The maximum absolute atomic E-state index is 12.4. The van der Waals surface area contributed by atoms with Gasteiger partial charge in [0.2, 0.25) is 5.91 Å². The van der Waals surface area contributed by atoms with E-state index >= 15 is 0 Å². The van der Waals surface area contributed by atoms with Gasteiger partial charge < -0.3 is 10.2 Å². The van der Waals surface area contributed by atoms with Crippen molar-refractivity contribution in [3.05, 3.63) is 59.7 Å². The standard InChI is InChI=1S/C19H17F3N2O2S/c20-19(21,22)27-16-8-6-14(7-9-16)18(26)23-15-4-1-3-13(11-15)12-24-10-2-5-17(24)25/h1,3-4,6-9,11H,2,5,10,12H2,(H,23,26). The monoisotopic (exact) mass is 394 g/mol. The Hall–Kier alpha value is -2.48. The lowest BCUT2D eigenvalue weighted by atomic mass is 10.1. The minimum absolute atomic E-state index is 0.0244. The molecule has 0 atom stereocenters. The molecule has 0 aliphatic carbocycles. The summed E-state index contributed by atoms with van der Waals surface area (Å²) < 4.78 is 37.1. The minimum Gasteiger partial charge on any atom is -0.338 e. The van der Waals surface area contributed by atoms with E-state index in [-0.39, 0.29) is 28.1 Å². The summed E-state index contributed by atoms with van der Waals surface area (Å²) >= 11 is -0.222. The number of amides is 2. The zero-order valence-electron chi connectivity index (χ0n) is 14.3. The molecule has 2 amide bonds. The van der Waals surface area contributed by atoms with Crippen molar-refractivity contribution in [1.29, 1.82) is 0 Å². The number of hydrogen-bond acceptors (Lipinski definition) is 3. The van der Waals surface area contributed by atoms with E-state index in [1.54, 1.807) is 23.1 Å². The second-order valence-electron chi connectivity index (χ2n) is 6.15. The van der Waals surface area contributed by atoms with Crippen molar-refractivity contribution in [2.24, 2.45) is 0 Å². The first-order valence-corrected chi connectivity index (χ1v) is 9.16. The Kier molecular flexibility index (Phi) is 5.74. The zero-order chi connectivity index (χ0) is 19.4. The fourth-order valence-electron chi connectivity index (χ4n) is 2.85. The van der Waals surface area contributed by atoms with Crippen LogP contribution < -0.4 is 5.32 Å². The van der Waals surface area contributed by atoms with Crippen LogP contribution >= 0.6 is 11.8 Å². The van der Waals surface area contributed by atoms with Crippen molar-refractivity contribution >= 4 is 29.3 Å². The first-order valence-electron chi connectivity index (χ1n) is 8.34. The molecule has 8 heteroatoms. The predicted molar refractivity (Wildman–Crippen MR) is 97.4 cm³/mol. The molecule has 1 aliphatic heterocycles. The molecular weight excluding hydrogens is 377 g/mol. The van der Waals surface area contributed by atoms with Crippen LogP contribution in [0.3, 0.4) is 0 Å². The van der Waals surface area contributed by atoms with Gasteiger partial charge in [-0.25, -0.2) is 0 Å². The van der Waals surface area contributed by atoms with E-state index in [4.69, 9.17) is 0 Å². The normalized spacial score (nSPS) is 14.5. The lowest BCUT2D eigenvalue weighted by Crippen LogP contribution is -2.23. The average molecular weight is 394 g/mol. The summed E-state index contributed by atoms with van der Waals surface area (Å²) in [7, 11) is 0. The molecule has 0 aromatic heterocycles. The number of thioether (sulfide) groups is 1. The van der Waals surface area contributed by atoms with Gasteiger partial charge in [-0.05, 0) is 60.1 Å². The summed E-state index contributed by atoms with van der Waals surface area (Å²) in [6.45, 7) is 1.23. The maximum Gasteiger partial charge on any atom is 0.446 e. The number of carbonyl (C=O) groups excluding carboxylic acids is 2. The van der Waals surface area contributed by atoms with E-state index in [0.717, 1.165) is 18.5 Å². The highest BCUT2D eigenvalue weighted by molar-refractivity contribution is 8.00. The van der Waals surface area contributed by atoms with E-state index in [2.05, 4.69) is 5.32 Å². The third-order valence-electron chi connectivity index (χ3n) is 4.08. The van der Waals surface area contributed by atoms with Crippen LogP contribution in [0.15, 0.2) is 53.4 Å². The topological polar surface area (TPSA) is 49.4 Å². The van der Waals surface area contributed by atoms with Gasteiger partial charge in [-0.2, -0.15) is 13.2 Å². The molecule has 1 aliphatic rings. The van der Waals surface area contributed by atoms with Crippen molar-refractivity contribution in [3.63, 3.8) is 0 Å². The van der Waals surface area contributed by atoms with Crippen LogP contribution in [0.5, 0.6) is 0 Å². The summed E-state index contributed by atoms with van der Waals surface area (Å²) in [5.74, 6) is -0.283. The molecule has 0 saturated carbocycles. The van der Waals surface area contributed by atoms with E-state index in [1.165, 1.54) is 24.3 Å². The number of benzene rings is 2. The minimum atomic E-state index is -4.36. The van der Waals surface area contributed by atoms with Crippen molar-refractivity contribution in [2.75, 3.05) is 11.9 Å². The molecule has 1 fully saturated rings. The molecule has 0 unspecified atom stereocenters. The van der Waals surface area contributed by atoms with Crippen LogP contribution in [0.25, 0.3) is 0 Å². The zero-order valence-corrected chi connectivity index (χ0v) is 15.1. The van der Waals surface area contributed by atoms with Gasteiger partial charge in [0.05, 0.1) is 0 Å². The second kappa shape index (κ2) is 8.04. The van der Waals surface area contributed by atoms with Crippen LogP contribution in [0.4, 0.5) is 18.9 Å². The van der Waals surface area contributed by atoms with Gasteiger partial charge in [0.25, 0.3) is 5.91 Å². The highest BCUT2D eigenvalue weighted by Gasteiger charge is 2.29. The Balaban J connectivity index is 1.63. The van der Waals surface area contributed by atoms with E-state index in [9.17, 15) is 22.8 Å². The number of anilines is 1. The lowest BCUT2D eigenvalue weighted by Gasteiger charge is -2.16. The number of nitrogens with one attached hydrogen (secondary N) is 1. The predicted octanol–water partition coefficient (Wildman–Crippen LogP) is 4.67. The molecular formula is C19H17F3N2O2S. The third-order valence-corrected chi connectivity index (χ3v) is 4.82. The van der Waals surface area contributed by atoms with Crippen molar-refractivity contribution in [2.45, 2.75) is 29.8 Å². The maximum atomic E-state index is 12.4. The Morgan fingerprint density at radius 3 is 2.52 bits per heavy atom. The summed E-state index contributed by atoms with van der Waals surface area (Å²) in [6, 6.07) is 12.4. The first-order chi connectivity index (χ1) is 12.8. The van der Waals surface area contributed by atoms with Gasteiger partial charge in [0, 0.05) is 35.7 Å². The summed E-state index contributed by atoms with van der Waals surface area (Å²) in [6.07, 6.45) is 1.43. The van der Waals surface area contributed by atoms with Crippen LogP contribution in [0.2, 0.25) is 0 Å². The second-order valence-corrected chi connectivity index (χ2v) is 7.28. The Labute approximate surface area is 158 Å². The molecule has 0 spiro atoms. The van der Waals surface area contributed by atoms with Crippen LogP contribution in [-0.4, -0.2) is 28.8 Å². The fraction of sp³-hybridized carbons (Fsp3) is 0.263. The van der Waals surface area contributed by atoms with Crippen molar-refractivity contribution in [1.82, 2.24) is 4.90 Å². The van der Waals surface area contributed by atoms with Gasteiger partial charge in [0.15, 0.2) is 0 Å². The summed E-state index contributed by atoms with van der Waals surface area (Å²) in [4.78, 5) is 25.8. The van der Waals surface area contributed by atoms with E-state index < -0.39 is 11.4 Å². The number of hydrogen-bond donors (Lipinski definition) is 1. The molecule has 3 rings (SSSR count). The molecule has 1 N–H and O–H groups in total. The fourth-order valence-corrected chi connectivity index (χ4v) is 3.39.